The zero-order valence-corrected chi connectivity index (χ0v) is 9.44. The van der Waals surface area contributed by atoms with Crippen LogP contribution in [-0.2, 0) is 6.42 Å². The highest BCUT2D eigenvalue weighted by Crippen LogP contribution is 2.38. The third-order valence-corrected chi connectivity index (χ3v) is 3.40. The standard InChI is InChI=1S/C14H12N2O/c15-9-3-7-14(10-16)8-6-11-4-1-2-5-12(11)13(14)17/h1-2,4-5H,3,6-8H2/t14-/m1/s1. The SMILES string of the molecule is N#CCC[C@]1(C#N)CCc2ccccc2C1=O. The molecule has 1 aromatic rings. The molecule has 2 rings (SSSR count). The Bertz CT molecular complexity index is 536. The number of carbonyl (C=O) groups excluding carboxylic acids is 1. The molecule has 0 saturated carbocycles. The summed E-state index contributed by atoms with van der Waals surface area (Å²) in [6.07, 6.45) is 1.86. The number of aryl methyl sites for hydroxylation is 1. The monoisotopic (exact) mass is 224 g/mol. The lowest BCUT2D eigenvalue weighted by molar-refractivity contribution is 0.0825. The normalized spacial score (nSPS) is 22.4. The topological polar surface area (TPSA) is 64.7 Å². The van der Waals surface area contributed by atoms with Gasteiger partial charge < -0.3 is 0 Å². The van der Waals surface area contributed by atoms with Crippen LogP contribution in [0.2, 0.25) is 0 Å². The zero-order chi connectivity index (χ0) is 12.3. The van der Waals surface area contributed by atoms with Crippen LogP contribution in [0.1, 0.15) is 35.2 Å². The first-order valence-corrected chi connectivity index (χ1v) is 5.64. The van der Waals surface area contributed by atoms with Crippen molar-refractivity contribution in [2.75, 3.05) is 0 Å². The lowest BCUT2D eigenvalue weighted by atomic mass is 9.69. The minimum atomic E-state index is -0.982. The number of fused-ring (bicyclic) bond motifs is 1. The summed E-state index contributed by atoms with van der Waals surface area (Å²) in [6, 6.07) is 11.6. The summed E-state index contributed by atoms with van der Waals surface area (Å²) in [4.78, 5) is 12.3. The van der Waals surface area contributed by atoms with E-state index in [0.29, 0.717) is 18.4 Å². The first-order valence-electron chi connectivity index (χ1n) is 5.64. The summed E-state index contributed by atoms with van der Waals surface area (Å²) in [7, 11) is 0. The third kappa shape index (κ3) is 1.81. The van der Waals surface area contributed by atoms with Gasteiger partial charge in [-0.05, 0) is 24.8 Å². The fourth-order valence-electron chi connectivity index (χ4n) is 2.35. The molecule has 0 unspecified atom stereocenters. The summed E-state index contributed by atoms with van der Waals surface area (Å²) in [6.45, 7) is 0. The number of Topliss-reactive ketones (excluding diaryl/α,β-unsaturated/α-hetero) is 1. The number of carbonyl (C=O) groups is 1. The Kier molecular flexibility index (Phi) is 2.93. The molecule has 0 aliphatic heterocycles. The van der Waals surface area contributed by atoms with Gasteiger partial charge in [-0.15, -0.1) is 0 Å². The van der Waals surface area contributed by atoms with Crippen molar-refractivity contribution in [2.45, 2.75) is 25.7 Å². The maximum Gasteiger partial charge on any atom is 0.183 e. The zero-order valence-electron chi connectivity index (χ0n) is 9.44. The first-order chi connectivity index (χ1) is 8.23. The lowest BCUT2D eigenvalue weighted by Gasteiger charge is -2.29. The Morgan fingerprint density at radius 1 is 1.29 bits per heavy atom. The molecule has 84 valence electrons. The average molecular weight is 224 g/mol. The van der Waals surface area contributed by atoms with Gasteiger partial charge in [-0.3, -0.25) is 4.79 Å². The predicted molar refractivity (Wildman–Crippen MR) is 62.0 cm³/mol. The van der Waals surface area contributed by atoms with Gasteiger partial charge in [-0.25, -0.2) is 0 Å². The molecule has 1 aromatic carbocycles. The fraction of sp³-hybridized carbons (Fsp3) is 0.357. The number of rotatable bonds is 2. The Morgan fingerprint density at radius 3 is 2.76 bits per heavy atom. The summed E-state index contributed by atoms with van der Waals surface area (Å²) in [5.74, 6) is -0.114. The van der Waals surface area contributed by atoms with Crippen LogP contribution < -0.4 is 0 Å². The molecule has 0 radical (unpaired) electrons. The van der Waals surface area contributed by atoms with Crippen LogP contribution in [0.5, 0.6) is 0 Å². The number of nitrogens with zero attached hydrogens (tertiary/aromatic N) is 2. The van der Waals surface area contributed by atoms with Crippen molar-refractivity contribution in [3.8, 4) is 12.1 Å². The van der Waals surface area contributed by atoms with Gasteiger partial charge in [-0.2, -0.15) is 10.5 Å². The Morgan fingerprint density at radius 2 is 2.06 bits per heavy atom. The minimum Gasteiger partial charge on any atom is -0.292 e. The summed E-state index contributed by atoms with van der Waals surface area (Å²) in [5.41, 5.74) is 0.683. The molecule has 0 heterocycles. The van der Waals surface area contributed by atoms with Gasteiger partial charge >= 0.3 is 0 Å². The molecule has 1 aliphatic carbocycles. The molecule has 17 heavy (non-hydrogen) atoms. The van der Waals surface area contributed by atoms with Gasteiger partial charge in [0.2, 0.25) is 0 Å². The number of hydrogen-bond donors (Lipinski definition) is 0. The van der Waals surface area contributed by atoms with Crippen molar-refractivity contribution in [1.29, 1.82) is 10.5 Å². The predicted octanol–water partition coefficient (Wildman–Crippen LogP) is 2.63. The molecule has 0 N–H and O–H groups in total. The summed E-state index contributed by atoms with van der Waals surface area (Å²) < 4.78 is 0. The van der Waals surface area contributed by atoms with Gasteiger partial charge in [0.15, 0.2) is 5.78 Å². The lowest BCUT2D eigenvalue weighted by Crippen LogP contribution is -2.34. The molecule has 0 saturated heterocycles. The van der Waals surface area contributed by atoms with Crippen molar-refractivity contribution in [3.05, 3.63) is 35.4 Å². The number of nitriles is 2. The van der Waals surface area contributed by atoms with Crippen molar-refractivity contribution in [1.82, 2.24) is 0 Å². The smallest absolute Gasteiger partial charge is 0.183 e. The van der Waals surface area contributed by atoms with Crippen LogP contribution in [-0.4, -0.2) is 5.78 Å². The third-order valence-electron chi connectivity index (χ3n) is 3.40. The van der Waals surface area contributed by atoms with Gasteiger partial charge in [0.05, 0.1) is 12.1 Å². The largest absolute Gasteiger partial charge is 0.292 e. The van der Waals surface area contributed by atoms with E-state index in [1.165, 1.54) is 0 Å². The van der Waals surface area contributed by atoms with E-state index < -0.39 is 5.41 Å². The van der Waals surface area contributed by atoms with Gasteiger partial charge in [0.25, 0.3) is 0 Å². The van der Waals surface area contributed by atoms with E-state index in [4.69, 9.17) is 5.26 Å². The molecule has 1 atom stereocenters. The Hall–Kier alpha value is -2.13. The van der Waals surface area contributed by atoms with Crippen LogP contribution in [0.25, 0.3) is 0 Å². The van der Waals surface area contributed by atoms with Crippen molar-refractivity contribution in [2.24, 2.45) is 5.41 Å². The molecular formula is C14H12N2O. The van der Waals surface area contributed by atoms with E-state index >= 15 is 0 Å². The van der Waals surface area contributed by atoms with Gasteiger partial charge in [0.1, 0.15) is 5.41 Å². The van der Waals surface area contributed by atoms with Gasteiger partial charge in [-0.1, -0.05) is 24.3 Å². The Labute approximate surface area is 100 Å². The van der Waals surface area contributed by atoms with E-state index in [0.717, 1.165) is 12.0 Å². The maximum absolute atomic E-state index is 12.3. The molecule has 0 amide bonds. The molecule has 0 spiro atoms. The summed E-state index contributed by atoms with van der Waals surface area (Å²) in [5, 5.41) is 17.9. The minimum absolute atomic E-state index is 0.114. The molecule has 0 aromatic heterocycles. The van der Waals surface area contributed by atoms with E-state index in [-0.39, 0.29) is 12.2 Å². The van der Waals surface area contributed by atoms with E-state index in [1.807, 2.05) is 24.3 Å². The summed E-state index contributed by atoms with van der Waals surface area (Å²) >= 11 is 0. The quantitative estimate of drug-likeness (QED) is 0.775. The average Bonchev–Trinajstić information content (AvgIpc) is 2.39. The molecular weight excluding hydrogens is 212 g/mol. The molecule has 3 nitrogen and oxygen atoms in total. The molecule has 3 heteroatoms. The van der Waals surface area contributed by atoms with Crippen molar-refractivity contribution >= 4 is 5.78 Å². The van der Waals surface area contributed by atoms with Crippen LogP contribution in [0, 0.1) is 28.1 Å². The van der Waals surface area contributed by atoms with Crippen LogP contribution in [0.4, 0.5) is 0 Å². The van der Waals surface area contributed by atoms with Crippen LogP contribution >= 0.6 is 0 Å². The highest BCUT2D eigenvalue weighted by atomic mass is 16.1. The second kappa shape index (κ2) is 4.39. The Balaban J connectivity index is 2.39. The maximum atomic E-state index is 12.3. The molecule has 0 fully saturated rings. The van der Waals surface area contributed by atoms with Crippen LogP contribution in [0.15, 0.2) is 24.3 Å². The van der Waals surface area contributed by atoms with E-state index in [9.17, 15) is 10.1 Å². The van der Waals surface area contributed by atoms with E-state index in [1.54, 1.807) is 6.07 Å². The van der Waals surface area contributed by atoms with Crippen molar-refractivity contribution < 1.29 is 4.79 Å². The second-order valence-corrected chi connectivity index (χ2v) is 4.34. The van der Waals surface area contributed by atoms with Gasteiger partial charge in [0, 0.05) is 12.0 Å². The molecule has 1 aliphatic rings. The highest BCUT2D eigenvalue weighted by Gasteiger charge is 2.42. The molecule has 0 bridgehead atoms. The highest BCUT2D eigenvalue weighted by molar-refractivity contribution is 6.04. The first kappa shape index (κ1) is 11.4. The fourth-order valence-corrected chi connectivity index (χ4v) is 2.35. The number of benzene rings is 1. The second-order valence-electron chi connectivity index (χ2n) is 4.34. The number of ketones is 1. The van der Waals surface area contributed by atoms with Crippen LogP contribution in [0.3, 0.4) is 0 Å². The van der Waals surface area contributed by atoms with Crippen molar-refractivity contribution in [3.63, 3.8) is 0 Å². The van der Waals surface area contributed by atoms with E-state index in [2.05, 4.69) is 6.07 Å². The number of hydrogen-bond acceptors (Lipinski definition) is 3.